The van der Waals surface area contributed by atoms with E-state index in [4.69, 9.17) is 9.15 Å². The van der Waals surface area contributed by atoms with E-state index in [1.165, 1.54) is 35.8 Å². The number of carboxylic acids is 1. The molecule has 2 heterocycles. The van der Waals surface area contributed by atoms with E-state index in [0.29, 0.717) is 22.2 Å². The molecule has 1 aromatic carbocycles. The fourth-order valence-electron chi connectivity index (χ4n) is 1.86. The van der Waals surface area contributed by atoms with Gasteiger partial charge in [-0.2, -0.15) is 0 Å². The lowest BCUT2D eigenvalue weighted by molar-refractivity contribution is -0.307. The molecule has 21 heavy (non-hydrogen) atoms. The Balaban J connectivity index is 2.03. The van der Waals surface area contributed by atoms with E-state index in [2.05, 4.69) is 4.98 Å². The predicted octanol–water partition coefficient (Wildman–Crippen LogP) is 1.05. The van der Waals surface area contributed by atoms with Crippen molar-refractivity contribution in [1.29, 1.82) is 0 Å². The molecule has 0 bridgehead atoms. The molecule has 0 radical (unpaired) electrons. The van der Waals surface area contributed by atoms with E-state index in [1.807, 2.05) is 0 Å². The van der Waals surface area contributed by atoms with E-state index >= 15 is 0 Å². The number of fused-ring (bicyclic) bond motifs is 1. The average molecular weight is 302 g/mol. The zero-order valence-corrected chi connectivity index (χ0v) is 11.4. The van der Waals surface area contributed by atoms with Gasteiger partial charge in [0.15, 0.2) is 0 Å². The van der Waals surface area contributed by atoms with Gasteiger partial charge in [-0.05, 0) is 12.1 Å². The molecule has 0 unspecified atom stereocenters. The number of thiazole rings is 1. The smallest absolute Gasteiger partial charge is 0.202 e. The number of benzene rings is 1. The summed E-state index contributed by atoms with van der Waals surface area (Å²) in [6.45, 7) is -0.563. The number of nitrogens with zero attached hydrogens (tertiary/aromatic N) is 1. The molecule has 3 rings (SSSR count). The Morgan fingerprint density at radius 2 is 2.29 bits per heavy atom. The van der Waals surface area contributed by atoms with Crippen LogP contribution in [0.3, 0.4) is 0 Å². The number of carbonyl (C=O) groups excluding carboxylic acids is 1. The number of rotatable bonds is 4. The fourth-order valence-corrected chi connectivity index (χ4v) is 2.42. The van der Waals surface area contributed by atoms with E-state index in [1.54, 1.807) is 10.9 Å². The molecule has 0 spiro atoms. The lowest BCUT2D eigenvalue weighted by Crippen LogP contribution is -2.28. The zero-order chi connectivity index (χ0) is 14.8. The summed E-state index contributed by atoms with van der Waals surface area (Å²) in [5, 5.41) is 12.5. The molecule has 0 aliphatic heterocycles. The molecule has 0 saturated heterocycles. The molecule has 0 fully saturated rings. The van der Waals surface area contributed by atoms with Gasteiger partial charge >= 0.3 is 0 Å². The summed E-state index contributed by atoms with van der Waals surface area (Å²) >= 11 is 1.39. The van der Waals surface area contributed by atoms with Crippen molar-refractivity contribution in [1.82, 2.24) is 4.98 Å². The minimum absolute atomic E-state index is 0.200. The molecule has 2 aromatic heterocycles. The fraction of sp³-hybridized carbons (Fsp3) is 0.0714. The van der Waals surface area contributed by atoms with Gasteiger partial charge in [0.1, 0.15) is 24.2 Å². The monoisotopic (exact) mass is 302 g/mol. The second-order valence-corrected chi connectivity index (χ2v) is 4.89. The average Bonchev–Trinajstić information content (AvgIpc) is 2.99. The van der Waals surface area contributed by atoms with Crippen LogP contribution in [0.1, 0.15) is 0 Å². The Morgan fingerprint density at radius 3 is 3.00 bits per heavy atom. The molecular formula is C14H8NO5S-. The zero-order valence-electron chi connectivity index (χ0n) is 10.6. The van der Waals surface area contributed by atoms with Crippen LogP contribution >= 0.6 is 11.3 Å². The van der Waals surface area contributed by atoms with Gasteiger partial charge in [-0.1, -0.05) is 0 Å². The Bertz CT molecular complexity index is 853. The summed E-state index contributed by atoms with van der Waals surface area (Å²) in [5.74, 6) is -1.04. The number of carbonyl (C=O) groups is 1. The summed E-state index contributed by atoms with van der Waals surface area (Å²) < 4.78 is 10.4. The predicted molar refractivity (Wildman–Crippen MR) is 74.1 cm³/mol. The van der Waals surface area contributed by atoms with Crippen LogP contribution < -0.4 is 15.3 Å². The van der Waals surface area contributed by atoms with Gasteiger partial charge in [-0.3, -0.25) is 4.79 Å². The minimum Gasteiger partial charge on any atom is -0.546 e. The molecule has 0 saturated carbocycles. The first kappa shape index (κ1) is 13.3. The van der Waals surface area contributed by atoms with Gasteiger partial charge in [0.25, 0.3) is 0 Å². The summed E-state index contributed by atoms with van der Waals surface area (Å²) in [6.07, 6.45) is 1.34. The summed E-state index contributed by atoms with van der Waals surface area (Å²) in [4.78, 5) is 26.8. The van der Waals surface area contributed by atoms with Crippen LogP contribution in [-0.2, 0) is 4.79 Å². The molecule has 3 aromatic rings. The van der Waals surface area contributed by atoms with E-state index in [0.717, 1.165) is 0 Å². The third-order valence-electron chi connectivity index (χ3n) is 2.81. The highest BCUT2D eigenvalue weighted by Gasteiger charge is 2.11. The van der Waals surface area contributed by atoms with Crippen molar-refractivity contribution in [2.24, 2.45) is 0 Å². The maximum atomic E-state index is 12.4. The second kappa shape index (κ2) is 5.37. The van der Waals surface area contributed by atoms with E-state index < -0.39 is 12.6 Å². The third-order valence-corrected chi connectivity index (χ3v) is 3.40. The number of ether oxygens (including phenoxy) is 1. The van der Waals surface area contributed by atoms with Crippen molar-refractivity contribution in [3.63, 3.8) is 0 Å². The SMILES string of the molecule is O=C([O-])COc1ccc2c(=O)c(-c3cscn3)coc2c1. The molecule has 106 valence electrons. The van der Waals surface area contributed by atoms with Crippen molar-refractivity contribution in [2.75, 3.05) is 6.61 Å². The standard InChI is InChI=1S/C14H9NO5S/c16-13(17)5-19-8-1-2-9-12(3-8)20-4-10(14(9)18)11-6-21-7-15-11/h1-4,6-7H,5H2,(H,16,17)/p-1. The van der Waals surface area contributed by atoms with Gasteiger partial charge in [0, 0.05) is 11.4 Å². The maximum absolute atomic E-state index is 12.4. The largest absolute Gasteiger partial charge is 0.546 e. The Labute approximate surface area is 122 Å². The van der Waals surface area contributed by atoms with Gasteiger partial charge in [0.05, 0.1) is 28.1 Å². The van der Waals surface area contributed by atoms with Crippen molar-refractivity contribution in [3.05, 3.63) is 45.6 Å². The minimum atomic E-state index is -1.32. The summed E-state index contributed by atoms with van der Waals surface area (Å²) in [5.41, 5.74) is 2.69. The summed E-state index contributed by atoms with van der Waals surface area (Å²) in [6, 6.07) is 4.50. The topological polar surface area (TPSA) is 92.5 Å². The molecule has 0 atom stereocenters. The normalized spacial score (nSPS) is 10.7. The second-order valence-electron chi connectivity index (χ2n) is 4.17. The highest BCUT2D eigenvalue weighted by atomic mass is 32.1. The molecule has 0 aliphatic carbocycles. The number of aliphatic carboxylic acids is 1. The first-order chi connectivity index (χ1) is 10.1. The van der Waals surface area contributed by atoms with E-state index in [-0.39, 0.29) is 11.2 Å². The van der Waals surface area contributed by atoms with Crippen LogP contribution in [0.25, 0.3) is 22.2 Å². The highest BCUT2D eigenvalue weighted by molar-refractivity contribution is 7.07. The Kier molecular flexibility index (Phi) is 3.41. The number of aromatic nitrogens is 1. The first-order valence-electron chi connectivity index (χ1n) is 5.92. The quantitative estimate of drug-likeness (QED) is 0.715. The van der Waals surface area contributed by atoms with Gasteiger partial charge < -0.3 is 19.1 Å². The van der Waals surface area contributed by atoms with Gasteiger partial charge in [-0.25, -0.2) is 4.98 Å². The Hall–Kier alpha value is -2.67. The van der Waals surface area contributed by atoms with Crippen molar-refractivity contribution in [2.45, 2.75) is 0 Å². The van der Waals surface area contributed by atoms with Crippen LogP contribution in [0.15, 0.2) is 44.6 Å². The number of carboxylic acid groups (broad SMARTS) is 1. The Morgan fingerprint density at radius 1 is 1.43 bits per heavy atom. The highest BCUT2D eigenvalue weighted by Crippen LogP contribution is 2.22. The van der Waals surface area contributed by atoms with Crippen LogP contribution in [-0.4, -0.2) is 17.6 Å². The molecular weight excluding hydrogens is 294 g/mol. The van der Waals surface area contributed by atoms with Crippen molar-refractivity contribution < 1.29 is 19.1 Å². The van der Waals surface area contributed by atoms with Crippen LogP contribution in [0.2, 0.25) is 0 Å². The van der Waals surface area contributed by atoms with Crippen molar-refractivity contribution >= 4 is 28.3 Å². The lowest BCUT2D eigenvalue weighted by Gasteiger charge is -2.07. The molecule has 0 aliphatic rings. The molecule has 0 N–H and O–H groups in total. The maximum Gasteiger partial charge on any atom is 0.202 e. The van der Waals surface area contributed by atoms with Gasteiger partial charge in [0.2, 0.25) is 5.43 Å². The number of hydrogen-bond donors (Lipinski definition) is 0. The van der Waals surface area contributed by atoms with Crippen LogP contribution in [0.5, 0.6) is 5.75 Å². The first-order valence-corrected chi connectivity index (χ1v) is 6.86. The summed E-state index contributed by atoms with van der Waals surface area (Å²) in [7, 11) is 0. The lowest BCUT2D eigenvalue weighted by atomic mass is 10.1. The van der Waals surface area contributed by atoms with Crippen LogP contribution in [0, 0.1) is 0 Å². The number of hydrogen-bond acceptors (Lipinski definition) is 7. The molecule has 6 nitrogen and oxygen atoms in total. The molecule has 7 heteroatoms. The van der Waals surface area contributed by atoms with Crippen molar-refractivity contribution in [3.8, 4) is 17.0 Å². The van der Waals surface area contributed by atoms with Gasteiger partial charge in [-0.15, -0.1) is 11.3 Å². The van der Waals surface area contributed by atoms with Crippen LogP contribution in [0.4, 0.5) is 0 Å². The van der Waals surface area contributed by atoms with E-state index in [9.17, 15) is 14.7 Å². The molecule has 0 amide bonds. The third kappa shape index (κ3) is 2.63.